The zero-order valence-corrected chi connectivity index (χ0v) is 12.0. The first-order chi connectivity index (χ1) is 7.80. The van der Waals surface area contributed by atoms with E-state index in [1.807, 2.05) is 0 Å². The highest BCUT2D eigenvalue weighted by Gasteiger charge is 2.45. The first kappa shape index (κ1) is 12.9. The van der Waals surface area contributed by atoms with Gasteiger partial charge in [-0.25, -0.2) is 0 Å². The maximum absolute atomic E-state index is 11.7. The van der Waals surface area contributed by atoms with Gasteiger partial charge >= 0.3 is 0 Å². The SMILES string of the molecule is CCC1(C)CCC(C)(C)C2=C1CC(C(C)=O)C2. The Morgan fingerprint density at radius 1 is 1.18 bits per heavy atom. The predicted molar refractivity (Wildman–Crippen MR) is 71.8 cm³/mol. The Morgan fingerprint density at radius 3 is 2.29 bits per heavy atom. The molecule has 0 bridgehead atoms. The summed E-state index contributed by atoms with van der Waals surface area (Å²) in [6.45, 7) is 11.2. The third-order valence-corrected chi connectivity index (χ3v) is 5.47. The van der Waals surface area contributed by atoms with Crippen LogP contribution in [-0.2, 0) is 4.79 Å². The van der Waals surface area contributed by atoms with Crippen LogP contribution in [0, 0.1) is 16.7 Å². The van der Waals surface area contributed by atoms with Gasteiger partial charge in [0, 0.05) is 5.92 Å². The monoisotopic (exact) mass is 234 g/mol. The van der Waals surface area contributed by atoms with Crippen molar-refractivity contribution in [1.29, 1.82) is 0 Å². The van der Waals surface area contributed by atoms with Crippen LogP contribution in [0.15, 0.2) is 11.1 Å². The van der Waals surface area contributed by atoms with E-state index < -0.39 is 0 Å². The zero-order chi connectivity index (χ0) is 12.8. The maximum Gasteiger partial charge on any atom is 0.133 e. The summed E-state index contributed by atoms with van der Waals surface area (Å²) in [6, 6.07) is 0. The second-order valence-electron chi connectivity index (χ2n) is 6.97. The average molecular weight is 234 g/mol. The molecule has 0 saturated carbocycles. The molecule has 2 atom stereocenters. The summed E-state index contributed by atoms with van der Waals surface area (Å²) in [5.41, 5.74) is 3.95. The summed E-state index contributed by atoms with van der Waals surface area (Å²) in [5.74, 6) is 0.664. The van der Waals surface area contributed by atoms with Gasteiger partial charge in [-0.3, -0.25) is 4.79 Å². The zero-order valence-electron chi connectivity index (χ0n) is 12.0. The van der Waals surface area contributed by atoms with Crippen molar-refractivity contribution in [2.75, 3.05) is 0 Å². The lowest BCUT2D eigenvalue weighted by atomic mass is 9.62. The van der Waals surface area contributed by atoms with E-state index in [9.17, 15) is 4.79 Å². The topological polar surface area (TPSA) is 17.1 Å². The first-order valence-electron chi connectivity index (χ1n) is 7.03. The molecular formula is C16H26O. The molecule has 0 aromatic heterocycles. The van der Waals surface area contributed by atoms with Crippen LogP contribution in [-0.4, -0.2) is 5.78 Å². The van der Waals surface area contributed by atoms with Gasteiger partial charge in [0.25, 0.3) is 0 Å². The molecule has 0 fully saturated rings. The molecule has 0 aliphatic heterocycles. The van der Waals surface area contributed by atoms with Gasteiger partial charge in [-0.05, 0) is 49.9 Å². The lowest BCUT2D eigenvalue weighted by Gasteiger charge is -2.43. The molecule has 96 valence electrons. The first-order valence-corrected chi connectivity index (χ1v) is 7.03. The summed E-state index contributed by atoms with van der Waals surface area (Å²) < 4.78 is 0. The van der Waals surface area contributed by atoms with Crippen molar-refractivity contribution in [1.82, 2.24) is 0 Å². The molecule has 2 aliphatic rings. The Labute approximate surface area is 106 Å². The van der Waals surface area contributed by atoms with Crippen molar-refractivity contribution < 1.29 is 4.79 Å². The largest absolute Gasteiger partial charge is 0.300 e. The van der Waals surface area contributed by atoms with Crippen LogP contribution in [0.2, 0.25) is 0 Å². The second-order valence-corrected chi connectivity index (χ2v) is 6.97. The van der Waals surface area contributed by atoms with Crippen molar-refractivity contribution in [3.8, 4) is 0 Å². The molecule has 0 spiro atoms. The fourth-order valence-electron chi connectivity index (χ4n) is 3.67. The van der Waals surface area contributed by atoms with Gasteiger partial charge < -0.3 is 0 Å². The fourth-order valence-corrected chi connectivity index (χ4v) is 3.67. The normalized spacial score (nSPS) is 35.9. The molecule has 0 heterocycles. The van der Waals surface area contributed by atoms with Gasteiger partial charge in [-0.15, -0.1) is 0 Å². The van der Waals surface area contributed by atoms with E-state index in [-0.39, 0.29) is 5.92 Å². The number of carbonyl (C=O) groups is 1. The Morgan fingerprint density at radius 2 is 1.76 bits per heavy atom. The van der Waals surface area contributed by atoms with Gasteiger partial charge in [0.15, 0.2) is 0 Å². The minimum atomic E-state index is 0.281. The molecular weight excluding hydrogens is 208 g/mol. The summed E-state index contributed by atoms with van der Waals surface area (Å²) in [6.07, 6.45) is 5.86. The van der Waals surface area contributed by atoms with Gasteiger partial charge in [0.1, 0.15) is 5.78 Å². The number of allylic oxidation sites excluding steroid dienone is 2. The molecule has 0 N–H and O–H groups in total. The quantitative estimate of drug-likeness (QED) is 0.642. The highest BCUT2D eigenvalue weighted by Crippen LogP contribution is 2.57. The van der Waals surface area contributed by atoms with E-state index in [0.29, 0.717) is 16.6 Å². The van der Waals surface area contributed by atoms with Crippen LogP contribution in [0.4, 0.5) is 0 Å². The van der Waals surface area contributed by atoms with Gasteiger partial charge in [-0.1, -0.05) is 38.8 Å². The minimum Gasteiger partial charge on any atom is -0.300 e. The average Bonchev–Trinajstić information content (AvgIpc) is 2.71. The van der Waals surface area contributed by atoms with Crippen molar-refractivity contribution in [2.45, 2.75) is 66.7 Å². The van der Waals surface area contributed by atoms with E-state index in [0.717, 1.165) is 12.8 Å². The van der Waals surface area contributed by atoms with E-state index in [1.54, 1.807) is 18.1 Å². The van der Waals surface area contributed by atoms with Crippen LogP contribution in [0.25, 0.3) is 0 Å². The van der Waals surface area contributed by atoms with Crippen molar-refractivity contribution in [3.63, 3.8) is 0 Å². The predicted octanol–water partition coefficient (Wildman–Crippen LogP) is 4.52. The minimum absolute atomic E-state index is 0.281. The van der Waals surface area contributed by atoms with E-state index in [2.05, 4.69) is 27.7 Å². The summed E-state index contributed by atoms with van der Waals surface area (Å²) >= 11 is 0. The standard InChI is InChI=1S/C16H26O/c1-6-16(5)8-7-15(3,4)13-9-12(11(2)17)10-14(13)16/h12H,6-10H2,1-5H3. The van der Waals surface area contributed by atoms with Gasteiger partial charge in [0.05, 0.1) is 0 Å². The smallest absolute Gasteiger partial charge is 0.133 e. The highest BCUT2D eigenvalue weighted by molar-refractivity contribution is 5.80. The van der Waals surface area contributed by atoms with E-state index in [1.165, 1.54) is 19.3 Å². The molecule has 1 heteroatoms. The van der Waals surface area contributed by atoms with Gasteiger partial charge in [0.2, 0.25) is 0 Å². The van der Waals surface area contributed by atoms with E-state index >= 15 is 0 Å². The molecule has 2 unspecified atom stereocenters. The lowest BCUT2D eigenvalue weighted by molar-refractivity contribution is -0.120. The molecule has 0 saturated heterocycles. The lowest BCUT2D eigenvalue weighted by Crippen LogP contribution is -2.30. The summed E-state index contributed by atoms with van der Waals surface area (Å²) in [5, 5.41) is 0. The molecule has 0 aromatic rings. The molecule has 2 aliphatic carbocycles. The number of carbonyl (C=O) groups excluding carboxylic acids is 1. The molecule has 17 heavy (non-hydrogen) atoms. The molecule has 2 rings (SSSR count). The third kappa shape index (κ3) is 1.98. The molecule has 1 nitrogen and oxygen atoms in total. The highest BCUT2D eigenvalue weighted by atomic mass is 16.1. The molecule has 0 amide bonds. The number of hydrogen-bond acceptors (Lipinski definition) is 1. The van der Waals surface area contributed by atoms with Crippen LogP contribution >= 0.6 is 0 Å². The Bertz CT molecular complexity index is 375. The van der Waals surface area contributed by atoms with Crippen LogP contribution in [0.1, 0.15) is 66.7 Å². The van der Waals surface area contributed by atoms with Crippen molar-refractivity contribution >= 4 is 5.78 Å². The van der Waals surface area contributed by atoms with Crippen LogP contribution in [0.5, 0.6) is 0 Å². The Kier molecular flexibility index (Phi) is 3.00. The fraction of sp³-hybridized carbons (Fsp3) is 0.812. The van der Waals surface area contributed by atoms with Crippen molar-refractivity contribution in [2.24, 2.45) is 16.7 Å². The van der Waals surface area contributed by atoms with Crippen LogP contribution in [0.3, 0.4) is 0 Å². The molecule has 0 radical (unpaired) electrons. The number of Topliss-reactive ketones (excluding diaryl/α,β-unsaturated/α-hetero) is 1. The Hall–Kier alpha value is -0.590. The summed E-state index contributed by atoms with van der Waals surface area (Å²) in [4.78, 5) is 11.7. The van der Waals surface area contributed by atoms with Gasteiger partial charge in [-0.2, -0.15) is 0 Å². The number of hydrogen-bond donors (Lipinski definition) is 0. The van der Waals surface area contributed by atoms with Crippen LogP contribution < -0.4 is 0 Å². The molecule has 0 aromatic carbocycles. The second kappa shape index (κ2) is 3.96. The van der Waals surface area contributed by atoms with Crippen molar-refractivity contribution in [3.05, 3.63) is 11.1 Å². The summed E-state index contributed by atoms with van der Waals surface area (Å²) in [7, 11) is 0. The third-order valence-electron chi connectivity index (χ3n) is 5.47. The number of ketones is 1. The number of rotatable bonds is 2. The van der Waals surface area contributed by atoms with E-state index in [4.69, 9.17) is 0 Å². The Balaban J connectivity index is 2.39. The maximum atomic E-state index is 11.7.